The number of methoxy groups -OCH3 is 1. The van der Waals surface area contributed by atoms with Gasteiger partial charge in [-0.25, -0.2) is 5.43 Å². The third-order valence-corrected chi connectivity index (χ3v) is 1.50. The number of nitrogens with one attached hydrogen (secondary N) is 2. The van der Waals surface area contributed by atoms with Gasteiger partial charge in [0, 0.05) is 6.08 Å². The van der Waals surface area contributed by atoms with Crippen molar-refractivity contribution in [3.05, 3.63) is 12.0 Å². The molecule has 0 radical (unpaired) electrons. The van der Waals surface area contributed by atoms with E-state index in [2.05, 4.69) is 10.9 Å². The van der Waals surface area contributed by atoms with Crippen LogP contribution in [0.15, 0.2) is 12.0 Å². The van der Waals surface area contributed by atoms with Gasteiger partial charge in [0.05, 0.1) is 7.11 Å². The number of ether oxygens (including phenoxy) is 1. The molecule has 68 valence electrons. The molecule has 0 spiro atoms. The molecule has 1 rings (SSSR count). The molecule has 1 aliphatic rings. The Hall–Kier alpha value is -1.27. The van der Waals surface area contributed by atoms with Crippen LogP contribution in [-0.2, 0) is 9.53 Å². The van der Waals surface area contributed by atoms with Gasteiger partial charge in [-0.3, -0.25) is 10.2 Å². The van der Waals surface area contributed by atoms with E-state index in [1.807, 2.05) is 0 Å². The van der Waals surface area contributed by atoms with Crippen LogP contribution < -0.4 is 10.9 Å². The highest BCUT2D eigenvalue weighted by Crippen LogP contribution is 2.04. The van der Waals surface area contributed by atoms with E-state index < -0.39 is 18.1 Å². The first-order valence-corrected chi connectivity index (χ1v) is 3.33. The molecule has 0 bridgehead atoms. The maximum Gasteiger partial charge on any atom is 0.325 e. The fourth-order valence-corrected chi connectivity index (χ4v) is 0.854. The van der Waals surface area contributed by atoms with Crippen LogP contribution in [0.5, 0.6) is 0 Å². The quantitative estimate of drug-likeness (QED) is 0.403. The molecule has 6 nitrogen and oxygen atoms in total. The van der Waals surface area contributed by atoms with Crippen molar-refractivity contribution in [1.29, 1.82) is 0 Å². The number of aliphatic hydroxyl groups is 1. The monoisotopic (exact) mass is 174 g/mol. The van der Waals surface area contributed by atoms with Crippen LogP contribution in [0.3, 0.4) is 0 Å². The summed E-state index contributed by atoms with van der Waals surface area (Å²) in [5.74, 6) is -0.818. The summed E-state index contributed by atoms with van der Waals surface area (Å²) < 4.78 is 4.72. The SMILES string of the molecule is COC1=CC(O)C(C(=O)O)NN1. The van der Waals surface area contributed by atoms with Crippen LogP contribution in [0.1, 0.15) is 0 Å². The van der Waals surface area contributed by atoms with Crippen molar-refractivity contribution in [2.75, 3.05) is 7.11 Å². The molecule has 0 aromatic rings. The second-order valence-corrected chi connectivity index (χ2v) is 2.31. The number of hydrogen-bond acceptors (Lipinski definition) is 5. The lowest BCUT2D eigenvalue weighted by molar-refractivity contribution is -0.142. The molecular formula is C6H10N2O4. The van der Waals surface area contributed by atoms with E-state index in [1.54, 1.807) is 0 Å². The summed E-state index contributed by atoms with van der Waals surface area (Å²) in [5, 5.41) is 17.7. The molecule has 4 N–H and O–H groups in total. The van der Waals surface area contributed by atoms with Gasteiger partial charge in [0.1, 0.15) is 6.10 Å². The van der Waals surface area contributed by atoms with Gasteiger partial charge in [-0.15, -0.1) is 0 Å². The molecule has 12 heavy (non-hydrogen) atoms. The number of hydrazine groups is 1. The molecule has 2 atom stereocenters. The Labute approximate surface area is 68.8 Å². The van der Waals surface area contributed by atoms with Crippen molar-refractivity contribution in [1.82, 2.24) is 10.9 Å². The van der Waals surface area contributed by atoms with E-state index in [1.165, 1.54) is 13.2 Å². The van der Waals surface area contributed by atoms with Crippen LogP contribution in [-0.4, -0.2) is 35.4 Å². The topological polar surface area (TPSA) is 90.8 Å². The molecule has 0 aliphatic carbocycles. The zero-order valence-corrected chi connectivity index (χ0v) is 6.44. The Bertz CT molecular complexity index is 216. The highest BCUT2D eigenvalue weighted by atomic mass is 16.5. The van der Waals surface area contributed by atoms with Crippen molar-refractivity contribution in [3.63, 3.8) is 0 Å². The Balaban J connectivity index is 2.66. The molecule has 6 heteroatoms. The third kappa shape index (κ3) is 1.66. The molecule has 2 unspecified atom stereocenters. The first-order valence-electron chi connectivity index (χ1n) is 3.33. The lowest BCUT2D eigenvalue weighted by atomic mass is 10.1. The highest BCUT2D eigenvalue weighted by Gasteiger charge is 2.28. The highest BCUT2D eigenvalue weighted by molar-refractivity contribution is 5.74. The molecule has 0 aromatic heterocycles. The lowest BCUT2D eigenvalue weighted by Crippen LogP contribution is -2.54. The number of aliphatic hydroxyl groups excluding tert-OH is 1. The van der Waals surface area contributed by atoms with E-state index >= 15 is 0 Å². The summed E-state index contributed by atoms with van der Waals surface area (Å²) in [6.45, 7) is 0. The summed E-state index contributed by atoms with van der Waals surface area (Å²) in [7, 11) is 1.41. The first kappa shape index (κ1) is 8.82. The van der Waals surface area contributed by atoms with Crippen LogP contribution in [0.2, 0.25) is 0 Å². The van der Waals surface area contributed by atoms with Crippen molar-refractivity contribution < 1.29 is 19.7 Å². The first-order chi connectivity index (χ1) is 5.65. The number of carboxylic acids is 1. The van der Waals surface area contributed by atoms with Crippen LogP contribution in [0, 0.1) is 0 Å². The van der Waals surface area contributed by atoms with E-state index in [-0.39, 0.29) is 0 Å². The van der Waals surface area contributed by atoms with Gasteiger partial charge in [0.2, 0.25) is 0 Å². The number of aliphatic carboxylic acids is 1. The van der Waals surface area contributed by atoms with Gasteiger partial charge in [-0.1, -0.05) is 0 Å². The van der Waals surface area contributed by atoms with E-state index in [4.69, 9.17) is 9.84 Å². The van der Waals surface area contributed by atoms with Gasteiger partial charge < -0.3 is 14.9 Å². The molecular weight excluding hydrogens is 164 g/mol. The summed E-state index contributed by atoms with van der Waals surface area (Å²) in [4.78, 5) is 10.4. The minimum absolute atomic E-state index is 0.306. The van der Waals surface area contributed by atoms with Crippen LogP contribution >= 0.6 is 0 Å². The molecule has 0 aromatic carbocycles. The fraction of sp³-hybridized carbons (Fsp3) is 0.500. The summed E-state index contributed by atoms with van der Waals surface area (Å²) in [5.41, 5.74) is 4.86. The molecule has 0 amide bonds. The predicted molar refractivity (Wildman–Crippen MR) is 38.8 cm³/mol. The number of carbonyl (C=O) groups is 1. The molecule has 0 saturated heterocycles. The molecule has 1 heterocycles. The molecule has 0 fully saturated rings. The average molecular weight is 174 g/mol. The Morgan fingerprint density at radius 1 is 1.75 bits per heavy atom. The second kappa shape index (κ2) is 3.42. The largest absolute Gasteiger partial charge is 0.482 e. The Kier molecular flexibility index (Phi) is 2.51. The van der Waals surface area contributed by atoms with E-state index in [9.17, 15) is 9.90 Å². The Morgan fingerprint density at radius 3 is 2.83 bits per heavy atom. The maximum atomic E-state index is 10.4. The summed E-state index contributed by atoms with van der Waals surface area (Å²) in [6.07, 6.45) is 0.202. The summed E-state index contributed by atoms with van der Waals surface area (Å²) >= 11 is 0. The van der Waals surface area contributed by atoms with E-state index in [0.717, 1.165) is 0 Å². The van der Waals surface area contributed by atoms with Gasteiger partial charge in [-0.05, 0) is 0 Å². The number of hydrogen-bond donors (Lipinski definition) is 4. The van der Waals surface area contributed by atoms with Crippen LogP contribution in [0.25, 0.3) is 0 Å². The third-order valence-electron chi connectivity index (χ3n) is 1.50. The number of carboxylic acid groups (broad SMARTS) is 1. The van der Waals surface area contributed by atoms with Crippen molar-refractivity contribution in [2.24, 2.45) is 0 Å². The van der Waals surface area contributed by atoms with E-state index in [0.29, 0.717) is 5.88 Å². The summed E-state index contributed by atoms with van der Waals surface area (Å²) in [6, 6.07) is -1.04. The second-order valence-electron chi connectivity index (χ2n) is 2.31. The van der Waals surface area contributed by atoms with Gasteiger partial charge in [0.25, 0.3) is 0 Å². The van der Waals surface area contributed by atoms with Gasteiger partial charge in [-0.2, -0.15) is 0 Å². The average Bonchev–Trinajstić information content (AvgIpc) is 2.03. The standard InChI is InChI=1S/C6H10N2O4/c1-12-4-2-3(9)5(6(10)11)8-7-4/h2-3,5,7-9H,1H3,(H,10,11). The van der Waals surface area contributed by atoms with Crippen molar-refractivity contribution >= 4 is 5.97 Å². The van der Waals surface area contributed by atoms with Gasteiger partial charge in [0.15, 0.2) is 11.9 Å². The normalized spacial score (nSPS) is 28.7. The van der Waals surface area contributed by atoms with Crippen molar-refractivity contribution in [3.8, 4) is 0 Å². The number of rotatable bonds is 2. The maximum absolute atomic E-state index is 10.4. The minimum atomic E-state index is -1.12. The van der Waals surface area contributed by atoms with Gasteiger partial charge >= 0.3 is 5.97 Å². The molecule has 0 saturated carbocycles. The zero-order chi connectivity index (χ0) is 9.14. The smallest absolute Gasteiger partial charge is 0.325 e. The lowest BCUT2D eigenvalue weighted by Gasteiger charge is -2.25. The predicted octanol–water partition coefficient (Wildman–Crippen LogP) is -1.60. The Morgan fingerprint density at radius 2 is 2.42 bits per heavy atom. The molecule has 1 aliphatic heterocycles. The fourth-order valence-electron chi connectivity index (χ4n) is 0.854. The van der Waals surface area contributed by atoms with Crippen molar-refractivity contribution in [2.45, 2.75) is 12.1 Å². The van der Waals surface area contributed by atoms with Crippen LogP contribution in [0.4, 0.5) is 0 Å². The minimum Gasteiger partial charge on any atom is -0.482 e. The zero-order valence-electron chi connectivity index (χ0n) is 6.44.